The van der Waals surface area contributed by atoms with Crippen LogP contribution in [0.4, 0.5) is 0 Å². The van der Waals surface area contributed by atoms with Crippen LogP contribution in [0.3, 0.4) is 0 Å². The number of epoxide rings is 1. The summed E-state index contributed by atoms with van der Waals surface area (Å²) in [5.41, 5.74) is 1.78. The molecule has 2 fully saturated rings. The highest BCUT2D eigenvalue weighted by molar-refractivity contribution is 7.89. The van der Waals surface area contributed by atoms with E-state index in [-0.39, 0.29) is 12.1 Å². The van der Waals surface area contributed by atoms with Crippen molar-refractivity contribution in [2.75, 3.05) is 0 Å². The lowest BCUT2D eigenvalue weighted by Gasteiger charge is -2.30. The number of aryl methyl sites for hydroxylation is 1. The summed E-state index contributed by atoms with van der Waals surface area (Å²) in [6.45, 7) is 1.95. The molecule has 2 aromatic carbocycles. The van der Waals surface area contributed by atoms with Crippen LogP contribution in [-0.4, -0.2) is 20.1 Å². The Morgan fingerprint density at radius 3 is 2.48 bits per heavy atom. The predicted octanol–water partition coefficient (Wildman–Crippen LogP) is 3.73. The maximum absolute atomic E-state index is 12.8. The molecule has 1 saturated carbocycles. The van der Waals surface area contributed by atoms with Crippen LogP contribution in [-0.2, 0) is 14.8 Å². The number of sulfonamides is 1. The first-order chi connectivity index (χ1) is 12.0. The molecule has 25 heavy (non-hydrogen) atoms. The predicted molar refractivity (Wildman–Crippen MR) is 96.8 cm³/mol. The molecule has 0 unspecified atom stereocenters. The van der Waals surface area contributed by atoms with Crippen LogP contribution >= 0.6 is 0 Å². The van der Waals surface area contributed by atoms with Crippen LogP contribution in [0.2, 0.25) is 0 Å². The third kappa shape index (κ3) is 3.12. The number of benzene rings is 2. The molecule has 1 N–H and O–H groups in total. The minimum Gasteiger partial charge on any atom is -0.359 e. The van der Waals surface area contributed by atoms with E-state index in [1.54, 1.807) is 12.1 Å². The van der Waals surface area contributed by atoms with Crippen molar-refractivity contribution in [2.45, 2.75) is 55.2 Å². The van der Waals surface area contributed by atoms with Crippen LogP contribution in [0.1, 0.15) is 42.9 Å². The monoisotopic (exact) mass is 357 g/mol. The van der Waals surface area contributed by atoms with Crippen LogP contribution in [0, 0.1) is 6.92 Å². The molecule has 3 atom stereocenters. The molecule has 2 aliphatic rings. The Bertz CT molecular complexity index is 848. The van der Waals surface area contributed by atoms with Gasteiger partial charge in [-0.25, -0.2) is 13.1 Å². The first-order valence-electron chi connectivity index (χ1n) is 8.83. The standard InChI is InChI=1S/C20H23NO3S/c1-15-10-12-17(13-11-15)25(22,23)21-18-9-5-6-14-20(18)19(24-20)16-7-3-2-4-8-16/h2-4,7-8,10-13,18-19,21H,5-6,9,14H2,1H3/t18-,19+,20-/m0/s1. The lowest BCUT2D eigenvalue weighted by molar-refractivity contribution is 0.195. The van der Waals surface area contributed by atoms with Gasteiger partial charge in [0.1, 0.15) is 11.7 Å². The van der Waals surface area contributed by atoms with Gasteiger partial charge in [0.05, 0.1) is 10.9 Å². The van der Waals surface area contributed by atoms with Gasteiger partial charge in [-0.05, 0) is 37.5 Å². The van der Waals surface area contributed by atoms with Gasteiger partial charge in [-0.15, -0.1) is 0 Å². The van der Waals surface area contributed by atoms with E-state index in [2.05, 4.69) is 16.9 Å². The molecule has 4 nitrogen and oxygen atoms in total. The van der Waals surface area contributed by atoms with E-state index in [0.29, 0.717) is 4.90 Å². The van der Waals surface area contributed by atoms with Crippen LogP contribution in [0.5, 0.6) is 0 Å². The van der Waals surface area contributed by atoms with Crippen molar-refractivity contribution in [3.8, 4) is 0 Å². The number of hydrogen-bond acceptors (Lipinski definition) is 3. The minimum absolute atomic E-state index is 0.0142. The van der Waals surface area contributed by atoms with Crippen molar-refractivity contribution in [3.63, 3.8) is 0 Å². The zero-order valence-corrected chi connectivity index (χ0v) is 15.1. The fourth-order valence-electron chi connectivity index (χ4n) is 3.92. The highest BCUT2D eigenvalue weighted by Gasteiger charge is 2.62. The number of ether oxygens (including phenoxy) is 1. The summed E-state index contributed by atoms with van der Waals surface area (Å²) in [5.74, 6) is 0. The molecule has 0 aromatic heterocycles. The summed E-state index contributed by atoms with van der Waals surface area (Å²) in [6, 6.07) is 16.9. The Morgan fingerprint density at radius 2 is 1.76 bits per heavy atom. The van der Waals surface area contributed by atoms with Gasteiger partial charge in [-0.3, -0.25) is 0 Å². The van der Waals surface area contributed by atoms with E-state index in [0.717, 1.165) is 36.8 Å². The van der Waals surface area contributed by atoms with E-state index >= 15 is 0 Å². The zero-order chi connectivity index (χ0) is 17.5. The maximum atomic E-state index is 12.8. The Morgan fingerprint density at radius 1 is 1.04 bits per heavy atom. The van der Waals surface area contributed by atoms with Gasteiger partial charge in [-0.2, -0.15) is 0 Å². The second-order valence-electron chi connectivity index (χ2n) is 7.10. The highest BCUT2D eigenvalue weighted by Crippen LogP contribution is 2.57. The molecule has 1 aliphatic heterocycles. The third-order valence-electron chi connectivity index (χ3n) is 5.36. The summed E-state index contributed by atoms with van der Waals surface area (Å²) >= 11 is 0. The summed E-state index contributed by atoms with van der Waals surface area (Å²) in [7, 11) is -3.54. The quantitative estimate of drug-likeness (QED) is 0.848. The fraction of sp³-hybridized carbons (Fsp3) is 0.400. The molecule has 1 saturated heterocycles. The van der Waals surface area contributed by atoms with Crippen LogP contribution in [0.15, 0.2) is 59.5 Å². The summed E-state index contributed by atoms with van der Waals surface area (Å²) < 4.78 is 34.7. The van der Waals surface area contributed by atoms with Gasteiger partial charge in [-0.1, -0.05) is 60.9 Å². The Labute approximate surface area is 149 Å². The topological polar surface area (TPSA) is 58.7 Å². The van der Waals surface area contributed by atoms with Crippen molar-refractivity contribution < 1.29 is 13.2 Å². The van der Waals surface area contributed by atoms with Gasteiger partial charge in [0.25, 0.3) is 0 Å². The molecule has 5 heteroatoms. The summed E-state index contributed by atoms with van der Waals surface area (Å²) in [4.78, 5) is 0.315. The maximum Gasteiger partial charge on any atom is 0.240 e. The second kappa shape index (κ2) is 6.24. The molecular weight excluding hydrogens is 334 g/mol. The molecule has 0 radical (unpaired) electrons. The Kier molecular flexibility index (Phi) is 4.18. The van der Waals surface area contributed by atoms with Crippen molar-refractivity contribution in [3.05, 3.63) is 65.7 Å². The molecule has 0 amide bonds. The normalized spacial score (nSPS) is 28.8. The number of hydrogen-bond donors (Lipinski definition) is 1. The molecule has 1 aliphatic carbocycles. The Balaban J connectivity index is 1.58. The van der Waals surface area contributed by atoms with E-state index < -0.39 is 15.6 Å². The van der Waals surface area contributed by atoms with E-state index in [9.17, 15) is 8.42 Å². The fourth-order valence-corrected chi connectivity index (χ4v) is 5.24. The van der Waals surface area contributed by atoms with Gasteiger partial charge in [0.15, 0.2) is 0 Å². The van der Waals surface area contributed by atoms with Crippen molar-refractivity contribution in [1.29, 1.82) is 0 Å². The Hall–Kier alpha value is -1.69. The zero-order valence-electron chi connectivity index (χ0n) is 14.3. The molecule has 1 heterocycles. The third-order valence-corrected chi connectivity index (χ3v) is 6.84. The average molecular weight is 357 g/mol. The summed E-state index contributed by atoms with van der Waals surface area (Å²) in [6.07, 6.45) is 3.79. The number of nitrogens with one attached hydrogen (secondary N) is 1. The second-order valence-corrected chi connectivity index (χ2v) is 8.81. The van der Waals surface area contributed by atoms with Crippen molar-refractivity contribution in [1.82, 2.24) is 4.72 Å². The van der Waals surface area contributed by atoms with Gasteiger partial charge < -0.3 is 4.74 Å². The molecule has 132 valence electrons. The van der Waals surface area contributed by atoms with Crippen LogP contribution < -0.4 is 4.72 Å². The lowest BCUT2D eigenvalue weighted by Crippen LogP contribution is -2.47. The molecule has 2 aromatic rings. The van der Waals surface area contributed by atoms with E-state index in [1.807, 2.05) is 37.3 Å². The van der Waals surface area contributed by atoms with Gasteiger partial charge >= 0.3 is 0 Å². The van der Waals surface area contributed by atoms with Crippen molar-refractivity contribution >= 4 is 10.0 Å². The van der Waals surface area contributed by atoms with E-state index in [1.165, 1.54) is 0 Å². The smallest absolute Gasteiger partial charge is 0.240 e. The molecule has 4 rings (SSSR count). The average Bonchev–Trinajstić information content (AvgIpc) is 3.33. The molecular formula is C20H23NO3S. The lowest BCUT2D eigenvalue weighted by atomic mass is 9.81. The molecule has 0 bridgehead atoms. The summed E-state index contributed by atoms with van der Waals surface area (Å²) in [5, 5.41) is 0. The largest absolute Gasteiger partial charge is 0.359 e. The minimum atomic E-state index is -3.54. The first-order valence-corrected chi connectivity index (χ1v) is 10.3. The highest BCUT2D eigenvalue weighted by atomic mass is 32.2. The van der Waals surface area contributed by atoms with Crippen molar-refractivity contribution in [2.24, 2.45) is 0 Å². The van der Waals surface area contributed by atoms with Gasteiger partial charge in [0, 0.05) is 0 Å². The molecule has 1 spiro atoms. The number of rotatable bonds is 4. The van der Waals surface area contributed by atoms with E-state index in [4.69, 9.17) is 4.74 Å². The first kappa shape index (κ1) is 16.8. The van der Waals surface area contributed by atoms with Crippen LogP contribution in [0.25, 0.3) is 0 Å². The van der Waals surface area contributed by atoms with Gasteiger partial charge in [0.2, 0.25) is 10.0 Å². The SMILES string of the molecule is Cc1ccc(S(=O)(=O)N[C@H]2CCCC[C@]23O[C@@H]3c2ccccc2)cc1.